The maximum atomic E-state index is 11.0. The van der Waals surface area contributed by atoms with Crippen molar-refractivity contribution in [1.29, 1.82) is 0 Å². The first kappa shape index (κ1) is 10.8. The number of carboxylic acids is 1. The zero-order valence-electron chi connectivity index (χ0n) is 8.03. The second-order valence-corrected chi connectivity index (χ2v) is 3.51. The van der Waals surface area contributed by atoms with Crippen molar-refractivity contribution in [2.24, 2.45) is 0 Å². The van der Waals surface area contributed by atoms with E-state index in [2.05, 4.69) is 0 Å². The predicted molar refractivity (Wildman–Crippen MR) is 54.8 cm³/mol. The van der Waals surface area contributed by atoms with Crippen LogP contribution in [0.25, 0.3) is 0 Å². The van der Waals surface area contributed by atoms with Crippen LogP contribution in [0.5, 0.6) is 11.5 Å². The van der Waals surface area contributed by atoms with Crippen LogP contribution in [0.4, 0.5) is 0 Å². The van der Waals surface area contributed by atoms with Crippen LogP contribution in [-0.4, -0.2) is 30.6 Å². The van der Waals surface area contributed by atoms with Crippen molar-refractivity contribution in [1.82, 2.24) is 0 Å². The van der Waals surface area contributed by atoms with E-state index >= 15 is 0 Å². The van der Waals surface area contributed by atoms with Crippen LogP contribution >= 0.6 is 11.6 Å². The van der Waals surface area contributed by atoms with Crippen molar-refractivity contribution in [3.05, 3.63) is 22.2 Å². The molecule has 0 bridgehead atoms. The molecule has 16 heavy (non-hydrogen) atoms. The summed E-state index contributed by atoms with van der Waals surface area (Å²) in [6, 6.07) is 1.26. The molecule has 0 spiro atoms. The number of fused-ring (bicyclic) bond motifs is 1. The lowest BCUT2D eigenvalue weighted by Crippen LogP contribution is -2.19. The van der Waals surface area contributed by atoms with Crippen molar-refractivity contribution in [2.45, 2.75) is 0 Å². The fourth-order valence-electron chi connectivity index (χ4n) is 1.49. The SMILES string of the molecule is O=Cc1cc(Cl)c(C(=O)O)c2c1OCCO2. The Morgan fingerprint density at radius 3 is 2.56 bits per heavy atom. The third kappa shape index (κ3) is 1.59. The number of aromatic carboxylic acids is 1. The monoisotopic (exact) mass is 242 g/mol. The molecule has 1 aliphatic heterocycles. The molecule has 5 nitrogen and oxygen atoms in total. The zero-order valence-corrected chi connectivity index (χ0v) is 8.78. The van der Waals surface area contributed by atoms with Gasteiger partial charge < -0.3 is 14.6 Å². The molecular weight excluding hydrogens is 236 g/mol. The lowest BCUT2D eigenvalue weighted by atomic mass is 10.1. The van der Waals surface area contributed by atoms with Gasteiger partial charge in [-0.1, -0.05) is 11.6 Å². The third-order valence-electron chi connectivity index (χ3n) is 2.13. The molecule has 0 atom stereocenters. The van der Waals surface area contributed by atoms with Gasteiger partial charge >= 0.3 is 5.97 Å². The minimum absolute atomic E-state index is 0.0216. The molecule has 0 amide bonds. The highest BCUT2D eigenvalue weighted by molar-refractivity contribution is 6.34. The number of aldehydes is 1. The summed E-state index contributed by atoms with van der Waals surface area (Å²) >= 11 is 5.76. The van der Waals surface area contributed by atoms with Gasteiger partial charge in [-0.25, -0.2) is 4.79 Å². The lowest BCUT2D eigenvalue weighted by molar-refractivity contribution is 0.0685. The maximum Gasteiger partial charge on any atom is 0.341 e. The highest BCUT2D eigenvalue weighted by atomic mass is 35.5. The number of carboxylic acid groups (broad SMARTS) is 1. The molecule has 0 saturated carbocycles. The Morgan fingerprint density at radius 2 is 2.00 bits per heavy atom. The second-order valence-electron chi connectivity index (χ2n) is 3.10. The van der Waals surface area contributed by atoms with Gasteiger partial charge in [0.25, 0.3) is 0 Å². The molecule has 1 aromatic carbocycles. The molecule has 84 valence electrons. The summed E-state index contributed by atoms with van der Waals surface area (Å²) in [6.07, 6.45) is 0.547. The summed E-state index contributed by atoms with van der Waals surface area (Å²) < 4.78 is 10.4. The average Bonchev–Trinajstić information content (AvgIpc) is 2.27. The quantitative estimate of drug-likeness (QED) is 0.798. The van der Waals surface area contributed by atoms with Crippen LogP contribution in [0, 0.1) is 0 Å². The topological polar surface area (TPSA) is 72.8 Å². The largest absolute Gasteiger partial charge is 0.485 e. The minimum atomic E-state index is -1.22. The van der Waals surface area contributed by atoms with Crippen molar-refractivity contribution in [3.63, 3.8) is 0 Å². The number of carbonyl (C=O) groups excluding carboxylic acids is 1. The number of halogens is 1. The molecule has 1 aromatic rings. The van der Waals surface area contributed by atoms with Crippen molar-refractivity contribution < 1.29 is 24.2 Å². The first-order valence-corrected chi connectivity index (χ1v) is 4.83. The minimum Gasteiger partial charge on any atom is -0.485 e. The molecule has 1 aliphatic rings. The maximum absolute atomic E-state index is 11.0. The lowest BCUT2D eigenvalue weighted by Gasteiger charge is -2.21. The van der Waals surface area contributed by atoms with E-state index in [0.29, 0.717) is 6.29 Å². The normalized spacial score (nSPS) is 13.3. The Labute approximate surface area is 95.5 Å². The van der Waals surface area contributed by atoms with Crippen molar-refractivity contribution in [2.75, 3.05) is 13.2 Å². The van der Waals surface area contributed by atoms with E-state index in [4.69, 9.17) is 26.2 Å². The summed E-state index contributed by atoms with van der Waals surface area (Å²) in [5.41, 5.74) is 0.00617. The number of rotatable bonds is 2. The van der Waals surface area contributed by atoms with E-state index in [0.717, 1.165) is 0 Å². The number of ether oxygens (including phenoxy) is 2. The zero-order chi connectivity index (χ0) is 11.7. The van der Waals surface area contributed by atoms with E-state index in [1.807, 2.05) is 0 Å². The third-order valence-corrected chi connectivity index (χ3v) is 2.43. The molecule has 0 aliphatic carbocycles. The molecule has 0 radical (unpaired) electrons. The van der Waals surface area contributed by atoms with E-state index in [-0.39, 0.29) is 40.9 Å². The Hall–Kier alpha value is -1.75. The van der Waals surface area contributed by atoms with Gasteiger partial charge in [-0.2, -0.15) is 0 Å². The van der Waals surface area contributed by atoms with E-state index in [1.54, 1.807) is 0 Å². The number of carbonyl (C=O) groups is 2. The Bertz CT molecular complexity index is 469. The van der Waals surface area contributed by atoms with Gasteiger partial charge in [0.05, 0.1) is 10.6 Å². The highest BCUT2D eigenvalue weighted by Gasteiger charge is 2.26. The molecule has 2 rings (SSSR count). The van der Waals surface area contributed by atoms with Crippen LogP contribution < -0.4 is 9.47 Å². The first-order valence-electron chi connectivity index (χ1n) is 4.45. The molecular formula is C10H7ClO5. The average molecular weight is 243 g/mol. The predicted octanol–water partition coefficient (Wildman–Crippen LogP) is 1.62. The molecule has 1 N–H and O–H groups in total. The van der Waals surface area contributed by atoms with Crippen LogP contribution in [0.2, 0.25) is 5.02 Å². The van der Waals surface area contributed by atoms with Gasteiger partial charge in [0.2, 0.25) is 0 Å². The Kier molecular flexibility index (Phi) is 2.70. The molecule has 0 saturated heterocycles. The summed E-state index contributed by atoms with van der Waals surface area (Å²) in [6.45, 7) is 0.500. The molecule has 0 fully saturated rings. The van der Waals surface area contributed by atoms with E-state index < -0.39 is 5.97 Å². The fourth-order valence-corrected chi connectivity index (χ4v) is 1.77. The molecule has 1 heterocycles. The van der Waals surface area contributed by atoms with Crippen LogP contribution in [0.15, 0.2) is 6.07 Å². The summed E-state index contributed by atoms with van der Waals surface area (Å²) in [7, 11) is 0. The Morgan fingerprint density at radius 1 is 1.38 bits per heavy atom. The second kappa shape index (κ2) is 4.02. The van der Waals surface area contributed by atoms with Gasteiger partial charge in [0.15, 0.2) is 17.8 Å². The van der Waals surface area contributed by atoms with Gasteiger partial charge in [-0.05, 0) is 6.07 Å². The van der Waals surface area contributed by atoms with Crippen molar-refractivity contribution >= 4 is 23.9 Å². The van der Waals surface area contributed by atoms with Crippen LogP contribution in [-0.2, 0) is 0 Å². The standard InChI is InChI=1S/C10H7ClO5/c11-6-3-5(4-12)8-9(7(6)10(13)14)16-2-1-15-8/h3-4H,1-2H2,(H,13,14). The summed E-state index contributed by atoms with van der Waals surface area (Å²) in [5.74, 6) is -1.06. The summed E-state index contributed by atoms with van der Waals surface area (Å²) in [4.78, 5) is 21.8. The fraction of sp³-hybridized carbons (Fsp3) is 0.200. The van der Waals surface area contributed by atoms with Gasteiger partial charge in [-0.3, -0.25) is 4.79 Å². The van der Waals surface area contributed by atoms with Gasteiger partial charge in [0, 0.05) is 0 Å². The molecule has 6 heteroatoms. The number of hydrogen-bond acceptors (Lipinski definition) is 4. The van der Waals surface area contributed by atoms with Gasteiger partial charge in [0.1, 0.15) is 18.8 Å². The first-order chi connectivity index (χ1) is 7.65. The van der Waals surface area contributed by atoms with E-state index in [1.165, 1.54) is 6.07 Å². The van der Waals surface area contributed by atoms with Crippen molar-refractivity contribution in [3.8, 4) is 11.5 Å². The van der Waals surface area contributed by atoms with E-state index in [9.17, 15) is 9.59 Å². The van der Waals surface area contributed by atoms with Gasteiger partial charge in [-0.15, -0.1) is 0 Å². The highest BCUT2D eigenvalue weighted by Crippen LogP contribution is 2.40. The number of benzene rings is 1. The van der Waals surface area contributed by atoms with Crippen LogP contribution in [0.1, 0.15) is 20.7 Å². The number of hydrogen-bond donors (Lipinski definition) is 1. The smallest absolute Gasteiger partial charge is 0.341 e. The van der Waals surface area contributed by atoms with Crippen LogP contribution in [0.3, 0.4) is 0 Å². The molecule has 0 unspecified atom stereocenters. The summed E-state index contributed by atoms with van der Waals surface area (Å²) in [5, 5.41) is 8.93. The molecule has 0 aromatic heterocycles. The Balaban J connectivity index is 2.72.